The molecule has 5 unspecified atom stereocenters. The predicted octanol–water partition coefficient (Wildman–Crippen LogP) is -1.91. The van der Waals surface area contributed by atoms with Crippen LogP contribution in [-0.4, -0.2) is 54.5 Å². The van der Waals surface area contributed by atoms with Gasteiger partial charge in [0.25, 0.3) is 7.82 Å². The zero-order valence-electron chi connectivity index (χ0n) is 11.3. The van der Waals surface area contributed by atoms with E-state index in [1.54, 1.807) is 0 Å². The first kappa shape index (κ1) is 14.8. The maximum absolute atomic E-state index is 11.4. The average Bonchev–Trinajstić information content (AvgIpc) is 3.05. The molecule has 12 nitrogen and oxygen atoms in total. The lowest BCUT2D eigenvalue weighted by atomic mass is 10.1. The lowest BCUT2D eigenvalue weighted by Crippen LogP contribution is -2.41. The van der Waals surface area contributed by atoms with E-state index in [-0.39, 0.29) is 23.3 Å². The maximum Gasteiger partial charge on any atom is 0.268 e. The van der Waals surface area contributed by atoms with Crippen molar-refractivity contribution in [1.82, 2.24) is 19.3 Å². The Hall–Kier alpha value is -1.82. The molecule has 0 radical (unpaired) electrons. The van der Waals surface area contributed by atoms with Crippen LogP contribution in [0.25, 0.3) is 11.2 Å². The van der Waals surface area contributed by atoms with Crippen LogP contribution in [0.2, 0.25) is 0 Å². The number of phosphoric ester groups is 1. The Balaban J connectivity index is 1.74. The van der Waals surface area contributed by atoms with Crippen LogP contribution in [0.1, 0.15) is 6.23 Å². The number of ether oxygens (including phenoxy) is 1. The third-order valence-electron chi connectivity index (χ3n) is 3.74. The molecule has 124 valence electrons. The molecule has 3 N–H and O–H groups in total. The molecule has 23 heavy (non-hydrogen) atoms. The summed E-state index contributed by atoms with van der Waals surface area (Å²) >= 11 is 0. The summed E-state index contributed by atoms with van der Waals surface area (Å²) < 4.78 is 28.1. The minimum Gasteiger partial charge on any atom is -0.756 e. The van der Waals surface area contributed by atoms with E-state index in [9.17, 15) is 19.8 Å². The third kappa shape index (κ3) is 2.19. The van der Waals surface area contributed by atoms with Crippen LogP contribution in [-0.2, 0) is 18.3 Å². The molecule has 2 aliphatic heterocycles. The molecule has 13 heteroatoms. The van der Waals surface area contributed by atoms with Crippen molar-refractivity contribution in [2.24, 2.45) is 0 Å². The van der Waals surface area contributed by atoms with Crippen LogP contribution in [0.15, 0.2) is 12.7 Å². The summed E-state index contributed by atoms with van der Waals surface area (Å²) in [5.74, 6) is 0. The Morgan fingerprint density at radius 2 is 2.22 bits per heavy atom. The zero-order chi connectivity index (χ0) is 16.4. The molecule has 0 aliphatic carbocycles. The highest BCUT2D eigenvalue weighted by molar-refractivity contribution is 7.45. The van der Waals surface area contributed by atoms with E-state index >= 15 is 0 Å². The van der Waals surface area contributed by atoms with Crippen LogP contribution in [0.5, 0.6) is 0 Å². The average molecular weight is 344 g/mol. The van der Waals surface area contributed by atoms with Crippen LogP contribution >= 0.6 is 7.82 Å². The number of hydrogen-bond donors (Lipinski definition) is 3. The Kier molecular flexibility index (Phi) is 3.10. The standard InChI is InChI=1S/C10H12N5O7P/c11-8-5-9(13-3-15(8)17)14(2-12-5)10-6(16)7-4(21-10)1-20-23(18,19)22-7/h2-4,6-7,10-11,16-17H,1H2,(H,18,19)/p-1. The fourth-order valence-electron chi connectivity index (χ4n) is 2.67. The second-order valence-corrected chi connectivity index (χ2v) is 6.49. The lowest BCUT2D eigenvalue weighted by Gasteiger charge is -2.34. The molecule has 0 saturated carbocycles. The lowest BCUT2D eigenvalue weighted by molar-refractivity contribution is -0.245. The number of fused-ring (bicyclic) bond motifs is 2. The molecule has 0 amide bonds. The maximum atomic E-state index is 11.4. The van der Waals surface area contributed by atoms with Crippen molar-refractivity contribution < 1.29 is 33.6 Å². The van der Waals surface area contributed by atoms with Crippen LogP contribution < -0.4 is 10.4 Å². The van der Waals surface area contributed by atoms with Crippen molar-refractivity contribution in [1.29, 1.82) is 5.41 Å². The van der Waals surface area contributed by atoms with E-state index in [2.05, 4.69) is 14.5 Å². The summed E-state index contributed by atoms with van der Waals surface area (Å²) in [4.78, 5) is 19.3. The van der Waals surface area contributed by atoms with Crippen LogP contribution in [0.3, 0.4) is 0 Å². The van der Waals surface area contributed by atoms with Gasteiger partial charge >= 0.3 is 0 Å². The summed E-state index contributed by atoms with van der Waals surface area (Å²) in [5.41, 5.74) is -0.0103. The van der Waals surface area contributed by atoms with Crippen molar-refractivity contribution in [2.75, 3.05) is 6.61 Å². The molecule has 0 spiro atoms. The number of aliphatic hydroxyl groups excluding tert-OH is 1. The predicted molar refractivity (Wildman–Crippen MR) is 66.9 cm³/mol. The van der Waals surface area contributed by atoms with Crippen molar-refractivity contribution >= 4 is 19.0 Å². The van der Waals surface area contributed by atoms with Gasteiger partial charge in [-0.3, -0.25) is 14.5 Å². The number of aliphatic hydroxyl groups is 1. The smallest absolute Gasteiger partial charge is 0.268 e. The molecular formula is C10H11N5O7P-. The number of imidazole rings is 1. The number of nitrogens with zero attached hydrogens (tertiary/aromatic N) is 4. The molecule has 0 bridgehead atoms. The molecular weight excluding hydrogens is 333 g/mol. The fourth-order valence-corrected chi connectivity index (χ4v) is 3.62. The van der Waals surface area contributed by atoms with Gasteiger partial charge in [0, 0.05) is 0 Å². The van der Waals surface area contributed by atoms with E-state index in [0.717, 1.165) is 6.33 Å². The highest BCUT2D eigenvalue weighted by Gasteiger charge is 2.50. The van der Waals surface area contributed by atoms with Gasteiger partial charge in [0.15, 0.2) is 22.9 Å². The molecule has 0 aromatic carbocycles. The van der Waals surface area contributed by atoms with Gasteiger partial charge in [-0.1, -0.05) is 0 Å². The summed E-state index contributed by atoms with van der Waals surface area (Å²) in [6.45, 7) is -0.264. The van der Waals surface area contributed by atoms with E-state index in [1.165, 1.54) is 10.9 Å². The summed E-state index contributed by atoms with van der Waals surface area (Å²) in [6.07, 6.45) is -1.91. The second kappa shape index (κ2) is 4.84. The zero-order valence-corrected chi connectivity index (χ0v) is 12.2. The van der Waals surface area contributed by atoms with Gasteiger partial charge in [-0.15, -0.1) is 0 Å². The first-order valence-electron chi connectivity index (χ1n) is 6.53. The minimum absolute atomic E-state index is 0.0901. The van der Waals surface area contributed by atoms with Crippen molar-refractivity contribution in [2.45, 2.75) is 24.5 Å². The second-order valence-electron chi connectivity index (χ2n) is 5.13. The van der Waals surface area contributed by atoms with E-state index in [0.29, 0.717) is 4.73 Å². The topological polar surface area (TPSA) is 168 Å². The van der Waals surface area contributed by atoms with Gasteiger partial charge in [0.05, 0.1) is 12.9 Å². The molecule has 2 aliphatic rings. The number of hydrogen-bond acceptors (Lipinski definition) is 10. The van der Waals surface area contributed by atoms with E-state index in [1.807, 2.05) is 0 Å². The quantitative estimate of drug-likeness (QED) is 0.395. The van der Waals surface area contributed by atoms with Gasteiger partial charge < -0.3 is 29.0 Å². The van der Waals surface area contributed by atoms with Crippen molar-refractivity contribution in [3.05, 3.63) is 18.1 Å². The summed E-state index contributed by atoms with van der Waals surface area (Å²) in [7, 11) is -4.46. The van der Waals surface area contributed by atoms with Gasteiger partial charge in [-0.05, 0) is 0 Å². The Morgan fingerprint density at radius 3 is 3.00 bits per heavy atom. The molecule has 2 fully saturated rings. The summed E-state index contributed by atoms with van der Waals surface area (Å²) in [6, 6.07) is 0. The highest BCUT2D eigenvalue weighted by Crippen LogP contribution is 2.49. The molecule has 4 heterocycles. The van der Waals surface area contributed by atoms with E-state index < -0.39 is 32.4 Å². The number of phosphoric acid groups is 1. The van der Waals surface area contributed by atoms with Crippen molar-refractivity contribution in [3.8, 4) is 0 Å². The molecule has 4 rings (SSSR count). The number of rotatable bonds is 1. The van der Waals surface area contributed by atoms with Crippen LogP contribution in [0, 0.1) is 5.41 Å². The summed E-state index contributed by atoms with van der Waals surface area (Å²) in [5, 5.41) is 27.4. The number of aromatic nitrogens is 4. The first-order chi connectivity index (χ1) is 10.9. The monoisotopic (exact) mass is 344 g/mol. The minimum atomic E-state index is -4.46. The van der Waals surface area contributed by atoms with Crippen LogP contribution in [0.4, 0.5) is 0 Å². The SMILES string of the molecule is N=c1c2ncn(C3OC4COP(=O)([O-])OC4C3O)c2ncn1O. The molecule has 2 aromatic rings. The Morgan fingerprint density at radius 1 is 1.43 bits per heavy atom. The molecule has 2 saturated heterocycles. The van der Waals surface area contributed by atoms with Gasteiger partial charge in [0.2, 0.25) is 0 Å². The highest BCUT2D eigenvalue weighted by atomic mass is 31.2. The van der Waals surface area contributed by atoms with Gasteiger partial charge in [0.1, 0.15) is 24.6 Å². The Labute approximate surface area is 127 Å². The van der Waals surface area contributed by atoms with E-state index in [4.69, 9.17) is 14.7 Å². The fraction of sp³-hybridized carbons (Fsp3) is 0.500. The first-order valence-corrected chi connectivity index (χ1v) is 7.99. The number of nitrogens with one attached hydrogen (secondary N) is 1. The largest absolute Gasteiger partial charge is 0.756 e. The normalized spacial score (nSPS) is 37.1. The molecule has 5 atom stereocenters. The molecule has 2 aromatic heterocycles. The van der Waals surface area contributed by atoms with Gasteiger partial charge in [-0.25, -0.2) is 9.97 Å². The third-order valence-corrected chi connectivity index (χ3v) is 4.71. The van der Waals surface area contributed by atoms with Crippen molar-refractivity contribution in [3.63, 3.8) is 0 Å². The Bertz CT molecular complexity index is 880. The van der Waals surface area contributed by atoms with Gasteiger partial charge in [-0.2, -0.15) is 4.73 Å².